The molecule has 2 aromatic heterocycles. The number of rotatable bonds is 4. The predicted molar refractivity (Wildman–Crippen MR) is 103 cm³/mol. The van der Waals surface area contributed by atoms with E-state index in [1.807, 2.05) is 83.8 Å². The summed E-state index contributed by atoms with van der Waals surface area (Å²) >= 11 is 3.43. The maximum Gasteiger partial charge on any atom is 0.154 e. The number of benzene rings is 2. The van der Waals surface area contributed by atoms with Crippen molar-refractivity contribution in [3.8, 4) is 17.1 Å². The Balaban J connectivity index is 1.75. The molecule has 4 rings (SSSR count). The number of para-hydroxylation sites is 1. The molecule has 2 heterocycles. The van der Waals surface area contributed by atoms with Crippen LogP contribution in [-0.4, -0.2) is 16.0 Å². The average molecular weight is 392 g/mol. The third kappa shape index (κ3) is 3.46. The van der Waals surface area contributed by atoms with Gasteiger partial charge in [-0.3, -0.25) is 4.99 Å². The summed E-state index contributed by atoms with van der Waals surface area (Å²) in [5.41, 5.74) is 3.51. The van der Waals surface area contributed by atoms with Crippen LogP contribution in [-0.2, 0) is 0 Å². The summed E-state index contributed by atoms with van der Waals surface area (Å²) in [5, 5.41) is 4.67. The van der Waals surface area contributed by atoms with Gasteiger partial charge in [0, 0.05) is 22.4 Å². The number of nitrogens with zero attached hydrogens (tertiary/aromatic N) is 3. The van der Waals surface area contributed by atoms with Gasteiger partial charge >= 0.3 is 0 Å². The van der Waals surface area contributed by atoms with Crippen LogP contribution in [0.4, 0.5) is 5.69 Å². The first-order valence-electron chi connectivity index (χ1n) is 7.78. The Bertz CT molecular complexity index is 987. The van der Waals surface area contributed by atoms with E-state index in [1.54, 1.807) is 6.26 Å². The van der Waals surface area contributed by atoms with Crippen LogP contribution in [0.5, 0.6) is 0 Å². The minimum Gasteiger partial charge on any atom is -0.463 e. The fraction of sp³-hybridized carbons (Fsp3) is 0. The Morgan fingerprint density at radius 3 is 2.48 bits per heavy atom. The third-order valence-corrected chi connectivity index (χ3v) is 4.23. The molecule has 4 nitrogen and oxygen atoms in total. The maximum absolute atomic E-state index is 5.53. The summed E-state index contributed by atoms with van der Waals surface area (Å²) in [5.74, 6) is 0.715. The van der Waals surface area contributed by atoms with Crippen molar-refractivity contribution >= 4 is 27.8 Å². The topological polar surface area (TPSA) is 43.3 Å². The van der Waals surface area contributed by atoms with Crippen LogP contribution in [0, 0.1) is 0 Å². The van der Waals surface area contributed by atoms with Gasteiger partial charge in [0.05, 0.1) is 17.6 Å². The highest BCUT2D eigenvalue weighted by Crippen LogP contribution is 2.24. The van der Waals surface area contributed by atoms with Crippen molar-refractivity contribution in [2.75, 3.05) is 0 Å². The van der Waals surface area contributed by atoms with Crippen molar-refractivity contribution < 1.29 is 4.42 Å². The van der Waals surface area contributed by atoms with Gasteiger partial charge in [0.25, 0.3) is 0 Å². The smallest absolute Gasteiger partial charge is 0.154 e. The van der Waals surface area contributed by atoms with Gasteiger partial charge in [-0.1, -0.05) is 34.1 Å². The molecule has 0 bridgehead atoms. The molecule has 2 aromatic carbocycles. The van der Waals surface area contributed by atoms with Crippen LogP contribution in [0.1, 0.15) is 5.56 Å². The molecule has 0 saturated carbocycles. The molecule has 0 aliphatic rings. The van der Waals surface area contributed by atoms with E-state index < -0.39 is 0 Å². The monoisotopic (exact) mass is 391 g/mol. The van der Waals surface area contributed by atoms with Crippen molar-refractivity contribution in [3.05, 3.63) is 89.2 Å². The molecule has 0 N–H and O–H groups in total. The minimum absolute atomic E-state index is 0.715. The molecule has 0 radical (unpaired) electrons. The van der Waals surface area contributed by atoms with Gasteiger partial charge < -0.3 is 4.42 Å². The van der Waals surface area contributed by atoms with Crippen LogP contribution in [0.15, 0.2) is 93.1 Å². The van der Waals surface area contributed by atoms with Gasteiger partial charge in [-0.05, 0) is 48.5 Å². The number of hydrogen-bond acceptors (Lipinski definition) is 3. The maximum atomic E-state index is 5.53. The van der Waals surface area contributed by atoms with E-state index in [0.717, 1.165) is 27.1 Å². The van der Waals surface area contributed by atoms with Gasteiger partial charge in [0.15, 0.2) is 5.76 Å². The summed E-state index contributed by atoms with van der Waals surface area (Å²) in [6.07, 6.45) is 5.41. The van der Waals surface area contributed by atoms with Crippen LogP contribution < -0.4 is 0 Å². The van der Waals surface area contributed by atoms with Crippen molar-refractivity contribution in [2.45, 2.75) is 0 Å². The first kappa shape index (κ1) is 15.6. The normalized spacial score (nSPS) is 11.2. The van der Waals surface area contributed by atoms with E-state index >= 15 is 0 Å². The summed E-state index contributed by atoms with van der Waals surface area (Å²) in [6, 6.07) is 21.6. The lowest BCUT2D eigenvalue weighted by Gasteiger charge is -1.98. The second-order valence-corrected chi connectivity index (χ2v) is 6.34. The quantitative estimate of drug-likeness (QED) is 0.422. The molecule has 0 saturated heterocycles. The van der Waals surface area contributed by atoms with E-state index in [1.165, 1.54) is 0 Å². The number of hydrogen-bond donors (Lipinski definition) is 0. The van der Waals surface area contributed by atoms with Crippen molar-refractivity contribution in [3.63, 3.8) is 0 Å². The van der Waals surface area contributed by atoms with E-state index in [0.29, 0.717) is 5.76 Å². The zero-order chi connectivity index (χ0) is 17.1. The summed E-state index contributed by atoms with van der Waals surface area (Å²) in [7, 11) is 0. The first-order chi connectivity index (χ1) is 12.3. The van der Waals surface area contributed by atoms with Gasteiger partial charge in [-0.15, -0.1) is 0 Å². The molecule has 0 aliphatic carbocycles. The lowest BCUT2D eigenvalue weighted by Crippen LogP contribution is -1.93. The summed E-state index contributed by atoms with van der Waals surface area (Å²) in [6.45, 7) is 0. The second kappa shape index (κ2) is 6.91. The van der Waals surface area contributed by atoms with Crippen LogP contribution in [0.25, 0.3) is 17.1 Å². The molecule has 4 aromatic rings. The highest BCUT2D eigenvalue weighted by Gasteiger charge is 2.13. The Labute approximate surface area is 153 Å². The molecule has 122 valence electrons. The Hall–Kier alpha value is -2.92. The zero-order valence-electron chi connectivity index (χ0n) is 13.2. The lowest BCUT2D eigenvalue weighted by molar-refractivity contribution is 0.579. The van der Waals surface area contributed by atoms with Crippen LogP contribution in [0.2, 0.25) is 0 Å². The number of aromatic nitrogens is 2. The molecule has 5 heteroatoms. The van der Waals surface area contributed by atoms with Gasteiger partial charge in [0.1, 0.15) is 5.69 Å². The van der Waals surface area contributed by atoms with Crippen LogP contribution in [0.3, 0.4) is 0 Å². The Kier molecular flexibility index (Phi) is 4.31. The largest absolute Gasteiger partial charge is 0.463 e. The zero-order valence-corrected chi connectivity index (χ0v) is 14.8. The molecule has 0 fully saturated rings. The molecule has 25 heavy (non-hydrogen) atoms. The van der Waals surface area contributed by atoms with Crippen molar-refractivity contribution in [1.82, 2.24) is 9.78 Å². The van der Waals surface area contributed by atoms with Gasteiger partial charge in [-0.25, -0.2) is 4.68 Å². The second-order valence-electron chi connectivity index (χ2n) is 5.43. The number of furan rings is 1. The van der Waals surface area contributed by atoms with E-state index in [-0.39, 0.29) is 0 Å². The summed E-state index contributed by atoms with van der Waals surface area (Å²) in [4.78, 5) is 4.55. The predicted octanol–water partition coefficient (Wildman–Crippen LogP) is 5.65. The Morgan fingerprint density at radius 2 is 1.76 bits per heavy atom. The molecular weight excluding hydrogens is 378 g/mol. The van der Waals surface area contributed by atoms with Gasteiger partial charge in [-0.2, -0.15) is 5.10 Å². The fourth-order valence-electron chi connectivity index (χ4n) is 2.47. The highest BCUT2D eigenvalue weighted by molar-refractivity contribution is 9.10. The Morgan fingerprint density at radius 1 is 0.960 bits per heavy atom. The van der Waals surface area contributed by atoms with Crippen molar-refractivity contribution in [1.29, 1.82) is 0 Å². The molecule has 0 amide bonds. The average Bonchev–Trinajstić information content (AvgIpc) is 3.31. The minimum atomic E-state index is 0.715. The van der Waals surface area contributed by atoms with E-state index in [9.17, 15) is 0 Å². The van der Waals surface area contributed by atoms with E-state index in [2.05, 4.69) is 26.0 Å². The molecule has 0 spiro atoms. The lowest BCUT2D eigenvalue weighted by atomic mass is 10.2. The molecular formula is C20H14BrN3O. The third-order valence-electron chi connectivity index (χ3n) is 3.70. The highest BCUT2D eigenvalue weighted by atomic mass is 79.9. The van der Waals surface area contributed by atoms with Crippen molar-refractivity contribution in [2.24, 2.45) is 4.99 Å². The fourth-order valence-corrected chi connectivity index (χ4v) is 2.74. The van der Waals surface area contributed by atoms with E-state index in [4.69, 9.17) is 4.42 Å². The standard InChI is InChI=1S/C20H14BrN3O/c21-16-8-10-17(11-9-16)22-13-15-14-24(18-5-2-1-3-6-18)23-20(15)19-7-4-12-25-19/h1-14H. The summed E-state index contributed by atoms with van der Waals surface area (Å²) < 4.78 is 8.40. The van der Waals surface area contributed by atoms with Crippen LogP contribution >= 0.6 is 15.9 Å². The first-order valence-corrected chi connectivity index (χ1v) is 8.57. The molecule has 0 unspecified atom stereocenters. The van der Waals surface area contributed by atoms with Gasteiger partial charge in [0.2, 0.25) is 0 Å². The SMILES string of the molecule is Brc1ccc(N=Cc2cn(-c3ccccc3)nc2-c2ccco2)cc1. The molecule has 0 atom stereocenters. The number of aliphatic imine (C=N–C) groups is 1. The molecule has 0 aliphatic heterocycles. The number of halogens is 1.